The van der Waals surface area contributed by atoms with Gasteiger partial charge in [0.15, 0.2) is 0 Å². The zero-order valence-corrected chi connectivity index (χ0v) is 9.81. The minimum atomic E-state index is 0.770. The molecule has 14 heavy (non-hydrogen) atoms. The molecule has 0 bridgehead atoms. The average molecular weight is 195 g/mol. The van der Waals surface area contributed by atoms with E-state index < -0.39 is 0 Å². The van der Waals surface area contributed by atoms with Crippen LogP contribution in [0.3, 0.4) is 0 Å². The second kappa shape index (κ2) is 6.23. The van der Waals surface area contributed by atoms with Crippen LogP contribution in [-0.2, 0) is 0 Å². The lowest BCUT2D eigenvalue weighted by Gasteiger charge is -2.20. The van der Waals surface area contributed by atoms with E-state index in [2.05, 4.69) is 25.7 Å². The van der Waals surface area contributed by atoms with E-state index in [1.165, 1.54) is 44.1 Å². The third-order valence-electron chi connectivity index (χ3n) is 3.16. The third-order valence-corrected chi connectivity index (χ3v) is 3.16. The Kier molecular flexibility index (Phi) is 5.24. The van der Waals surface area contributed by atoms with Crippen LogP contribution in [0.25, 0.3) is 0 Å². The quantitative estimate of drug-likeness (QED) is 0.534. The van der Waals surface area contributed by atoms with Crippen molar-refractivity contribution in [2.75, 3.05) is 6.54 Å². The summed E-state index contributed by atoms with van der Waals surface area (Å²) in [7, 11) is 0. The van der Waals surface area contributed by atoms with E-state index in [0.717, 1.165) is 18.5 Å². The molecule has 1 rings (SSSR count). The number of rotatable bonds is 4. The lowest BCUT2D eigenvalue weighted by atomic mass is 9.92. The molecule has 1 heteroatoms. The van der Waals surface area contributed by atoms with Gasteiger partial charge in [-0.2, -0.15) is 0 Å². The van der Waals surface area contributed by atoms with Crippen LogP contribution in [0.4, 0.5) is 0 Å². The monoisotopic (exact) mass is 195 g/mol. The van der Waals surface area contributed by atoms with Crippen LogP contribution < -0.4 is 5.32 Å². The summed E-state index contributed by atoms with van der Waals surface area (Å²) in [6.45, 7) is 9.51. The van der Waals surface area contributed by atoms with Crippen molar-refractivity contribution in [1.82, 2.24) is 5.32 Å². The first-order valence-corrected chi connectivity index (χ1v) is 6.10. The van der Waals surface area contributed by atoms with Crippen molar-refractivity contribution in [3.8, 4) is 0 Å². The van der Waals surface area contributed by atoms with Crippen LogP contribution in [0.2, 0.25) is 0 Å². The molecular weight excluding hydrogens is 170 g/mol. The summed E-state index contributed by atoms with van der Waals surface area (Å²) in [5.74, 6) is 0.888. The van der Waals surface area contributed by atoms with Gasteiger partial charge in [0.05, 0.1) is 0 Å². The second-order valence-electron chi connectivity index (χ2n) is 4.80. The van der Waals surface area contributed by atoms with Gasteiger partial charge in [-0.3, -0.25) is 0 Å². The van der Waals surface area contributed by atoms with Crippen molar-refractivity contribution >= 4 is 0 Å². The highest BCUT2D eigenvalue weighted by atomic mass is 14.9. The molecule has 82 valence electrons. The summed E-state index contributed by atoms with van der Waals surface area (Å²) < 4.78 is 0. The van der Waals surface area contributed by atoms with Crippen molar-refractivity contribution < 1.29 is 0 Å². The van der Waals surface area contributed by atoms with Crippen LogP contribution in [0.15, 0.2) is 12.2 Å². The predicted octanol–water partition coefficient (Wildman–Crippen LogP) is 3.51. The summed E-state index contributed by atoms with van der Waals surface area (Å²) in [6.07, 6.45) is 8.21. The highest BCUT2D eigenvalue weighted by Gasteiger charge is 2.19. The lowest BCUT2D eigenvalue weighted by molar-refractivity contribution is 0.389. The molecule has 1 fully saturated rings. The smallest absolute Gasteiger partial charge is 0.00696 e. The third kappa shape index (κ3) is 4.28. The number of nitrogens with one attached hydrogen (secondary N) is 1. The van der Waals surface area contributed by atoms with E-state index in [4.69, 9.17) is 0 Å². The normalized spacial score (nSPS) is 28.4. The number of hydrogen-bond acceptors (Lipinski definition) is 1. The Morgan fingerprint density at radius 3 is 2.71 bits per heavy atom. The molecule has 2 unspecified atom stereocenters. The molecule has 0 aromatic carbocycles. The van der Waals surface area contributed by atoms with Gasteiger partial charge in [0.25, 0.3) is 0 Å². The fourth-order valence-corrected chi connectivity index (χ4v) is 2.61. The summed E-state index contributed by atoms with van der Waals surface area (Å²) >= 11 is 0. The first-order chi connectivity index (χ1) is 6.72. The molecule has 2 atom stereocenters. The lowest BCUT2D eigenvalue weighted by Crippen LogP contribution is -2.29. The van der Waals surface area contributed by atoms with Gasteiger partial charge in [0, 0.05) is 6.04 Å². The summed E-state index contributed by atoms with van der Waals surface area (Å²) in [4.78, 5) is 0. The topological polar surface area (TPSA) is 12.0 Å². The zero-order chi connectivity index (χ0) is 10.4. The van der Waals surface area contributed by atoms with Gasteiger partial charge in [0.2, 0.25) is 0 Å². The fraction of sp³-hybridized carbons (Fsp3) is 0.846. The van der Waals surface area contributed by atoms with Gasteiger partial charge >= 0.3 is 0 Å². The molecule has 1 aliphatic carbocycles. The molecule has 0 radical (unpaired) electrons. The Labute approximate surface area is 89.0 Å². The molecule has 0 spiro atoms. The van der Waals surface area contributed by atoms with Crippen molar-refractivity contribution in [3.63, 3.8) is 0 Å². The van der Waals surface area contributed by atoms with Gasteiger partial charge in [-0.15, -0.1) is 6.58 Å². The average Bonchev–Trinajstić information content (AvgIpc) is 2.30. The maximum atomic E-state index is 4.03. The maximum absolute atomic E-state index is 4.03. The van der Waals surface area contributed by atoms with Gasteiger partial charge in [-0.05, 0) is 38.6 Å². The van der Waals surface area contributed by atoms with Gasteiger partial charge in [-0.25, -0.2) is 0 Å². The molecule has 0 heterocycles. The van der Waals surface area contributed by atoms with Gasteiger partial charge in [0.1, 0.15) is 0 Å². The molecule has 0 aromatic heterocycles. The summed E-state index contributed by atoms with van der Waals surface area (Å²) in [5.41, 5.74) is 1.35. The van der Waals surface area contributed by atoms with Crippen LogP contribution in [0.5, 0.6) is 0 Å². The fourth-order valence-electron chi connectivity index (χ4n) is 2.61. The van der Waals surface area contributed by atoms with E-state index in [1.54, 1.807) is 0 Å². The Morgan fingerprint density at radius 2 is 2.07 bits per heavy atom. The molecule has 1 N–H and O–H groups in total. The Hall–Kier alpha value is -0.300. The second-order valence-corrected chi connectivity index (χ2v) is 4.80. The molecule has 1 nitrogen and oxygen atoms in total. The minimum Gasteiger partial charge on any atom is -0.314 e. The molecule has 1 saturated carbocycles. The predicted molar refractivity (Wildman–Crippen MR) is 63.5 cm³/mol. The molecule has 0 saturated heterocycles. The summed E-state index contributed by atoms with van der Waals surface area (Å²) in [6, 6.07) is 0.770. The van der Waals surface area contributed by atoms with E-state index in [1.807, 2.05) is 0 Å². The number of allylic oxidation sites excluding steroid dienone is 1. The SMILES string of the molecule is C=C(C)CC1CCCCC(NCC)C1. The van der Waals surface area contributed by atoms with Crippen molar-refractivity contribution in [3.05, 3.63) is 12.2 Å². The van der Waals surface area contributed by atoms with Crippen LogP contribution in [-0.4, -0.2) is 12.6 Å². The highest BCUT2D eigenvalue weighted by Crippen LogP contribution is 2.27. The van der Waals surface area contributed by atoms with Crippen LogP contribution >= 0.6 is 0 Å². The molecular formula is C13H25N. The minimum absolute atomic E-state index is 0.770. The summed E-state index contributed by atoms with van der Waals surface area (Å²) in [5, 5.41) is 3.60. The van der Waals surface area contributed by atoms with Crippen molar-refractivity contribution in [2.24, 2.45) is 5.92 Å². The van der Waals surface area contributed by atoms with E-state index in [0.29, 0.717) is 0 Å². The Balaban J connectivity index is 2.38. The first-order valence-electron chi connectivity index (χ1n) is 6.10. The molecule has 0 amide bonds. The number of hydrogen-bond donors (Lipinski definition) is 1. The zero-order valence-electron chi connectivity index (χ0n) is 9.81. The highest BCUT2D eigenvalue weighted by molar-refractivity contribution is 4.92. The largest absolute Gasteiger partial charge is 0.314 e. The molecule has 0 aliphatic heterocycles. The van der Waals surface area contributed by atoms with Crippen LogP contribution in [0, 0.1) is 5.92 Å². The Bertz CT molecular complexity index is 174. The van der Waals surface area contributed by atoms with Gasteiger partial charge < -0.3 is 5.32 Å². The Morgan fingerprint density at radius 1 is 1.36 bits per heavy atom. The van der Waals surface area contributed by atoms with E-state index in [-0.39, 0.29) is 0 Å². The van der Waals surface area contributed by atoms with Crippen molar-refractivity contribution in [1.29, 1.82) is 0 Å². The van der Waals surface area contributed by atoms with Crippen molar-refractivity contribution in [2.45, 2.75) is 58.4 Å². The van der Waals surface area contributed by atoms with E-state index >= 15 is 0 Å². The van der Waals surface area contributed by atoms with Gasteiger partial charge in [-0.1, -0.05) is 31.8 Å². The molecule has 1 aliphatic rings. The first kappa shape index (κ1) is 11.8. The van der Waals surface area contributed by atoms with E-state index in [9.17, 15) is 0 Å². The molecule has 0 aromatic rings. The maximum Gasteiger partial charge on any atom is 0.00696 e. The standard InChI is InChI=1S/C13H25N/c1-4-14-13-8-6-5-7-12(10-13)9-11(2)3/h12-14H,2,4-10H2,1,3H3. The van der Waals surface area contributed by atoms with Crippen LogP contribution in [0.1, 0.15) is 52.4 Å².